The molecule has 1 atom stereocenters. The number of hydrogen-bond donors (Lipinski definition) is 2. The monoisotopic (exact) mass is 328 g/mol. The lowest BCUT2D eigenvalue weighted by molar-refractivity contribution is 0.171. The van der Waals surface area contributed by atoms with Crippen LogP contribution in [0.2, 0.25) is 0 Å². The third-order valence-electron chi connectivity index (χ3n) is 4.00. The van der Waals surface area contributed by atoms with Crippen LogP contribution in [0.15, 0.2) is 29.4 Å². The molecule has 6 heteroatoms. The Kier molecular flexibility index (Phi) is 4.66. The number of nitrogens with zero attached hydrogens (tertiary/aromatic N) is 2. The molecular weight excluding hydrogens is 308 g/mol. The molecule has 24 heavy (non-hydrogen) atoms. The van der Waals surface area contributed by atoms with Gasteiger partial charge in [0, 0.05) is 23.5 Å². The largest absolute Gasteiger partial charge is 0.505 e. The highest BCUT2D eigenvalue weighted by molar-refractivity contribution is 5.85. The van der Waals surface area contributed by atoms with E-state index in [0.717, 1.165) is 17.1 Å². The minimum atomic E-state index is -0.208. The summed E-state index contributed by atoms with van der Waals surface area (Å²) in [6.45, 7) is 4.55. The van der Waals surface area contributed by atoms with Gasteiger partial charge in [0.15, 0.2) is 11.5 Å². The van der Waals surface area contributed by atoms with E-state index in [9.17, 15) is 10.2 Å². The molecule has 1 aromatic heterocycles. The molecule has 0 spiro atoms. The number of pyridine rings is 1. The predicted octanol–water partition coefficient (Wildman–Crippen LogP) is 2.54. The van der Waals surface area contributed by atoms with Gasteiger partial charge in [-0.3, -0.25) is 9.98 Å². The Bertz CT molecular complexity index is 774. The van der Waals surface area contributed by atoms with Crippen LogP contribution in [0.3, 0.4) is 0 Å². The summed E-state index contributed by atoms with van der Waals surface area (Å²) < 4.78 is 11.1. The molecule has 1 aliphatic rings. The lowest BCUT2D eigenvalue weighted by atomic mass is 10.1. The van der Waals surface area contributed by atoms with Crippen LogP contribution in [0, 0.1) is 6.92 Å². The van der Waals surface area contributed by atoms with Crippen LogP contribution < -0.4 is 9.47 Å². The molecule has 0 bridgehead atoms. The zero-order valence-electron chi connectivity index (χ0n) is 13.7. The minimum Gasteiger partial charge on any atom is -0.505 e. The van der Waals surface area contributed by atoms with Crippen LogP contribution in [0.25, 0.3) is 0 Å². The highest BCUT2D eigenvalue weighted by Gasteiger charge is 2.14. The molecule has 1 aliphatic heterocycles. The van der Waals surface area contributed by atoms with Crippen molar-refractivity contribution >= 4 is 6.21 Å². The number of ether oxygens (including phenoxy) is 2. The molecular formula is C18H20N2O4. The zero-order valence-corrected chi connectivity index (χ0v) is 13.7. The minimum absolute atomic E-state index is 0.0414. The van der Waals surface area contributed by atoms with Gasteiger partial charge in [0.2, 0.25) is 0 Å². The second-order valence-electron chi connectivity index (χ2n) is 5.65. The molecule has 1 aromatic carbocycles. The summed E-state index contributed by atoms with van der Waals surface area (Å²) in [6, 6.07) is 5.60. The van der Waals surface area contributed by atoms with Gasteiger partial charge in [-0.15, -0.1) is 0 Å². The number of aliphatic imine (C=N–C) groups is 1. The number of aliphatic hydroxyl groups excluding tert-OH is 1. The van der Waals surface area contributed by atoms with Gasteiger partial charge in [0.1, 0.15) is 19.0 Å². The Hall–Kier alpha value is -2.60. The quantitative estimate of drug-likeness (QED) is 0.843. The fourth-order valence-corrected chi connectivity index (χ4v) is 2.51. The molecule has 3 rings (SSSR count). The normalized spacial score (nSPS) is 14.8. The van der Waals surface area contributed by atoms with E-state index >= 15 is 0 Å². The summed E-state index contributed by atoms with van der Waals surface area (Å²) in [5.41, 5.74) is 2.51. The van der Waals surface area contributed by atoms with E-state index in [1.165, 1.54) is 0 Å². The van der Waals surface area contributed by atoms with Crippen molar-refractivity contribution in [3.05, 3.63) is 46.8 Å². The van der Waals surface area contributed by atoms with Gasteiger partial charge >= 0.3 is 0 Å². The average Bonchev–Trinajstić information content (AvgIpc) is 2.62. The van der Waals surface area contributed by atoms with E-state index in [1.54, 1.807) is 19.3 Å². The first-order valence-electron chi connectivity index (χ1n) is 7.81. The van der Waals surface area contributed by atoms with E-state index in [2.05, 4.69) is 9.98 Å². The van der Waals surface area contributed by atoms with Gasteiger partial charge in [-0.2, -0.15) is 0 Å². The van der Waals surface area contributed by atoms with Crippen LogP contribution in [0.5, 0.6) is 17.2 Å². The summed E-state index contributed by atoms with van der Waals surface area (Å²) in [7, 11) is 0. The Morgan fingerprint density at radius 3 is 2.79 bits per heavy atom. The molecule has 0 aliphatic carbocycles. The average molecular weight is 328 g/mol. The van der Waals surface area contributed by atoms with Crippen molar-refractivity contribution in [2.75, 3.05) is 13.2 Å². The molecule has 0 fully saturated rings. The Labute approximate surface area is 140 Å². The zero-order chi connectivity index (χ0) is 17.1. The van der Waals surface area contributed by atoms with Crippen molar-refractivity contribution in [2.45, 2.75) is 26.5 Å². The molecule has 2 N–H and O–H groups in total. The molecule has 0 unspecified atom stereocenters. The van der Waals surface area contributed by atoms with Crippen LogP contribution in [0.4, 0.5) is 0 Å². The number of aryl methyl sites for hydroxylation is 1. The van der Waals surface area contributed by atoms with Crippen molar-refractivity contribution in [1.82, 2.24) is 4.98 Å². The first-order valence-corrected chi connectivity index (χ1v) is 7.81. The second-order valence-corrected chi connectivity index (χ2v) is 5.65. The topological polar surface area (TPSA) is 84.2 Å². The van der Waals surface area contributed by atoms with Crippen LogP contribution in [0.1, 0.15) is 35.3 Å². The Morgan fingerprint density at radius 1 is 1.29 bits per heavy atom. The molecule has 2 aromatic rings. The molecule has 6 nitrogen and oxygen atoms in total. The number of aromatic nitrogens is 1. The van der Waals surface area contributed by atoms with Crippen molar-refractivity contribution < 1.29 is 19.7 Å². The molecule has 0 amide bonds. The number of fused-ring (bicyclic) bond motifs is 1. The maximum Gasteiger partial charge on any atom is 0.161 e. The third kappa shape index (κ3) is 3.19. The summed E-state index contributed by atoms with van der Waals surface area (Å²) in [6.07, 6.45) is 3.13. The first kappa shape index (κ1) is 16.3. The number of benzene rings is 1. The van der Waals surface area contributed by atoms with E-state index in [1.807, 2.05) is 25.1 Å². The molecule has 0 saturated heterocycles. The SMILES string of the molecule is Cc1ncc(CO)c(C=N[C@@H](C)c2ccc3c(c2)OCCO3)c1O. The van der Waals surface area contributed by atoms with Crippen LogP contribution in [-0.4, -0.2) is 34.6 Å². The smallest absolute Gasteiger partial charge is 0.161 e. The Morgan fingerprint density at radius 2 is 2.04 bits per heavy atom. The maximum atomic E-state index is 10.1. The first-order chi connectivity index (χ1) is 11.6. The van der Waals surface area contributed by atoms with E-state index < -0.39 is 0 Å². The Balaban J connectivity index is 1.86. The number of aromatic hydroxyl groups is 1. The van der Waals surface area contributed by atoms with Crippen molar-refractivity contribution in [3.8, 4) is 17.2 Å². The van der Waals surface area contributed by atoms with Gasteiger partial charge in [-0.1, -0.05) is 6.07 Å². The predicted molar refractivity (Wildman–Crippen MR) is 90.0 cm³/mol. The molecule has 0 saturated carbocycles. The summed E-state index contributed by atoms with van der Waals surface area (Å²) in [5, 5.41) is 19.6. The van der Waals surface area contributed by atoms with Gasteiger partial charge < -0.3 is 19.7 Å². The second kappa shape index (κ2) is 6.88. The van der Waals surface area contributed by atoms with Gasteiger partial charge in [0.25, 0.3) is 0 Å². The van der Waals surface area contributed by atoms with Gasteiger partial charge in [-0.05, 0) is 31.5 Å². The summed E-state index contributed by atoms with van der Waals surface area (Å²) in [5.74, 6) is 1.50. The highest BCUT2D eigenvalue weighted by Crippen LogP contribution is 2.33. The van der Waals surface area contributed by atoms with E-state index in [4.69, 9.17) is 9.47 Å². The van der Waals surface area contributed by atoms with Crippen LogP contribution >= 0.6 is 0 Å². The maximum absolute atomic E-state index is 10.1. The van der Waals surface area contributed by atoms with E-state index in [0.29, 0.717) is 30.0 Å². The van der Waals surface area contributed by atoms with Gasteiger partial charge in [-0.25, -0.2) is 0 Å². The lowest BCUT2D eigenvalue weighted by Gasteiger charge is -2.19. The highest BCUT2D eigenvalue weighted by atomic mass is 16.6. The fraction of sp³-hybridized carbons (Fsp3) is 0.333. The molecule has 126 valence electrons. The molecule has 2 heterocycles. The van der Waals surface area contributed by atoms with Crippen molar-refractivity contribution in [2.24, 2.45) is 4.99 Å². The standard InChI is InChI=1S/C18H20N2O4/c1-11(13-3-4-16-17(7-13)24-6-5-23-16)20-9-15-14(10-21)8-19-12(2)18(15)22/h3-4,7-9,11,21-22H,5-6,10H2,1-2H3/t11-/m0/s1. The number of rotatable bonds is 4. The van der Waals surface area contributed by atoms with Crippen molar-refractivity contribution in [1.29, 1.82) is 0 Å². The van der Waals surface area contributed by atoms with Crippen molar-refractivity contribution in [3.63, 3.8) is 0 Å². The number of aliphatic hydroxyl groups is 1. The third-order valence-corrected chi connectivity index (χ3v) is 4.00. The summed E-state index contributed by atoms with van der Waals surface area (Å²) in [4.78, 5) is 8.55. The fourth-order valence-electron chi connectivity index (χ4n) is 2.51. The summed E-state index contributed by atoms with van der Waals surface area (Å²) >= 11 is 0. The number of hydrogen-bond acceptors (Lipinski definition) is 6. The van der Waals surface area contributed by atoms with E-state index in [-0.39, 0.29) is 18.4 Å². The van der Waals surface area contributed by atoms with Gasteiger partial charge in [0.05, 0.1) is 18.3 Å². The van der Waals surface area contributed by atoms with Crippen LogP contribution in [-0.2, 0) is 6.61 Å². The lowest BCUT2D eigenvalue weighted by Crippen LogP contribution is -2.15. The molecule has 0 radical (unpaired) electrons.